The largest absolute Gasteiger partial charge is 0.370 e. The smallest absolute Gasteiger partial charge is 0.191 e. The van der Waals surface area contributed by atoms with Crippen LogP contribution in [0.3, 0.4) is 0 Å². The van der Waals surface area contributed by atoms with Crippen molar-refractivity contribution in [1.29, 1.82) is 0 Å². The Bertz CT molecular complexity index is 388. The third kappa shape index (κ3) is 4.72. The molecule has 0 radical (unpaired) electrons. The first-order valence-corrected chi connectivity index (χ1v) is 6.05. The van der Waals surface area contributed by atoms with E-state index in [1.54, 1.807) is 31.2 Å². The van der Waals surface area contributed by atoms with E-state index in [1.807, 2.05) is 6.08 Å². The average Bonchev–Trinajstić information content (AvgIpc) is 2.33. The SMILES string of the molecule is C=CCCCOC(C)C(=O)c1cccc(Cl)c1. The summed E-state index contributed by atoms with van der Waals surface area (Å²) in [6, 6.07) is 6.92. The molecule has 0 amide bonds. The predicted molar refractivity (Wildman–Crippen MR) is 70.6 cm³/mol. The number of ketones is 1. The van der Waals surface area contributed by atoms with Crippen LogP contribution >= 0.6 is 11.6 Å². The van der Waals surface area contributed by atoms with Crippen LogP contribution in [0.2, 0.25) is 5.02 Å². The lowest BCUT2D eigenvalue weighted by Gasteiger charge is -2.11. The molecule has 1 atom stereocenters. The fraction of sp³-hybridized carbons (Fsp3) is 0.357. The highest BCUT2D eigenvalue weighted by molar-refractivity contribution is 6.31. The molecule has 92 valence electrons. The summed E-state index contributed by atoms with van der Waals surface area (Å²) in [5, 5.41) is 0.565. The van der Waals surface area contributed by atoms with Crippen LogP contribution in [-0.4, -0.2) is 18.5 Å². The predicted octanol–water partition coefficient (Wildman–Crippen LogP) is 3.89. The minimum Gasteiger partial charge on any atom is -0.370 e. The highest BCUT2D eigenvalue weighted by Gasteiger charge is 2.15. The molecular weight excluding hydrogens is 236 g/mol. The maximum Gasteiger partial charge on any atom is 0.191 e. The van der Waals surface area contributed by atoms with Crippen LogP contribution in [0.25, 0.3) is 0 Å². The number of allylic oxidation sites excluding steroid dienone is 1. The molecule has 0 aromatic heterocycles. The average molecular weight is 253 g/mol. The molecule has 0 heterocycles. The van der Waals surface area contributed by atoms with E-state index >= 15 is 0 Å². The van der Waals surface area contributed by atoms with Crippen LogP contribution in [0.5, 0.6) is 0 Å². The van der Waals surface area contributed by atoms with E-state index in [1.165, 1.54) is 0 Å². The Hall–Kier alpha value is -1.12. The van der Waals surface area contributed by atoms with Gasteiger partial charge >= 0.3 is 0 Å². The van der Waals surface area contributed by atoms with Gasteiger partial charge in [-0.1, -0.05) is 29.8 Å². The molecule has 0 saturated carbocycles. The molecule has 0 aliphatic carbocycles. The van der Waals surface area contributed by atoms with Crippen molar-refractivity contribution in [1.82, 2.24) is 0 Å². The number of rotatable bonds is 7. The third-order valence-electron chi connectivity index (χ3n) is 2.40. The summed E-state index contributed by atoms with van der Waals surface area (Å²) in [5.74, 6) is -0.0360. The summed E-state index contributed by atoms with van der Waals surface area (Å²) < 4.78 is 5.46. The zero-order chi connectivity index (χ0) is 12.7. The minimum absolute atomic E-state index is 0.0360. The second-order valence-corrected chi connectivity index (χ2v) is 4.25. The number of benzene rings is 1. The molecule has 1 aromatic carbocycles. The second-order valence-electron chi connectivity index (χ2n) is 3.82. The van der Waals surface area contributed by atoms with E-state index in [0.29, 0.717) is 17.2 Å². The Morgan fingerprint density at radius 1 is 1.59 bits per heavy atom. The zero-order valence-corrected chi connectivity index (χ0v) is 10.7. The van der Waals surface area contributed by atoms with Gasteiger partial charge in [-0.3, -0.25) is 4.79 Å². The molecule has 1 aromatic rings. The summed E-state index contributed by atoms with van der Waals surface area (Å²) >= 11 is 5.84. The maximum atomic E-state index is 12.0. The number of carbonyl (C=O) groups excluding carboxylic acids is 1. The van der Waals surface area contributed by atoms with E-state index in [0.717, 1.165) is 12.8 Å². The van der Waals surface area contributed by atoms with Gasteiger partial charge in [-0.2, -0.15) is 0 Å². The molecule has 0 N–H and O–H groups in total. The first kappa shape index (κ1) is 13.9. The lowest BCUT2D eigenvalue weighted by atomic mass is 10.1. The summed E-state index contributed by atoms with van der Waals surface area (Å²) in [4.78, 5) is 12.0. The molecule has 17 heavy (non-hydrogen) atoms. The van der Waals surface area contributed by atoms with E-state index < -0.39 is 6.10 Å². The Kier molecular flexibility index (Phi) is 5.95. The number of Topliss-reactive ketones (excluding diaryl/α,β-unsaturated/α-hetero) is 1. The van der Waals surface area contributed by atoms with Crippen molar-refractivity contribution in [2.24, 2.45) is 0 Å². The van der Waals surface area contributed by atoms with Crippen molar-refractivity contribution < 1.29 is 9.53 Å². The van der Waals surface area contributed by atoms with Gasteiger partial charge in [0.1, 0.15) is 6.10 Å². The molecule has 0 aliphatic rings. The number of hydrogen-bond donors (Lipinski definition) is 0. The van der Waals surface area contributed by atoms with Crippen LogP contribution in [0.4, 0.5) is 0 Å². The van der Waals surface area contributed by atoms with Gasteiger partial charge in [0.25, 0.3) is 0 Å². The summed E-state index contributed by atoms with van der Waals surface area (Å²) in [6.45, 7) is 5.96. The molecule has 0 bridgehead atoms. The van der Waals surface area contributed by atoms with Crippen molar-refractivity contribution in [3.63, 3.8) is 0 Å². The van der Waals surface area contributed by atoms with E-state index in [4.69, 9.17) is 16.3 Å². The number of ether oxygens (including phenoxy) is 1. The summed E-state index contributed by atoms with van der Waals surface area (Å²) in [7, 11) is 0. The lowest BCUT2D eigenvalue weighted by molar-refractivity contribution is 0.0471. The van der Waals surface area contributed by atoms with Crippen LogP contribution in [0, 0.1) is 0 Å². The first-order valence-electron chi connectivity index (χ1n) is 5.67. The number of halogens is 1. The van der Waals surface area contributed by atoms with Gasteiger partial charge in [0.05, 0.1) is 0 Å². The minimum atomic E-state index is -0.432. The molecule has 0 aliphatic heterocycles. The fourth-order valence-corrected chi connectivity index (χ4v) is 1.63. The van der Waals surface area contributed by atoms with Gasteiger partial charge in [0, 0.05) is 17.2 Å². The molecule has 0 fully saturated rings. The van der Waals surface area contributed by atoms with Crippen molar-refractivity contribution in [2.75, 3.05) is 6.61 Å². The Morgan fingerprint density at radius 3 is 3.00 bits per heavy atom. The maximum absolute atomic E-state index is 12.0. The van der Waals surface area contributed by atoms with Crippen LogP contribution < -0.4 is 0 Å². The molecule has 0 spiro atoms. The number of carbonyl (C=O) groups is 1. The molecule has 2 nitrogen and oxygen atoms in total. The quantitative estimate of drug-likeness (QED) is 0.418. The first-order chi connectivity index (χ1) is 8.15. The molecule has 0 saturated heterocycles. The Morgan fingerprint density at radius 2 is 2.35 bits per heavy atom. The highest BCUT2D eigenvalue weighted by atomic mass is 35.5. The van der Waals surface area contributed by atoms with Gasteiger partial charge in [-0.05, 0) is 31.9 Å². The normalized spacial score (nSPS) is 12.1. The lowest BCUT2D eigenvalue weighted by Crippen LogP contribution is -2.21. The number of unbranched alkanes of at least 4 members (excludes halogenated alkanes) is 1. The van der Waals surface area contributed by atoms with Crippen LogP contribution in [-0.2, 0) is 4.74 Å². The van der Waals surface area contributed by atoms with Gasteiger partial charge in [0.15, 0.2) is 5.78 Å². The van der Waals surface area contributed by atoms with E-state index in [2.05, 4.69) is 6.58 Å². The fourth-order valence-electron chi connectivity index (χ4n) is 1.44. The van der Waals surface area contributed by atoms with Crippen LogP contribution in [0.15, 0.2) is 36.9 Å². The van der Waals surface area contributed by atoms with Crippen molar-refractivity contribution >= 4 is 17.4 Å². The van der Waals surface area contributed by atoms with Crippen molar-refractivity contribution in [3.8, 4) is 0 Å². The molecule has 3 heteroatoms. The highest BCUT2D eigenvalue weighted by Crippen LogP contribution is 2.13. The van der Waals surface area contributed by atoms with E-state index in [-0.39, 0.29) is 5.78 Å². The van der Waals surface area contributed by atoms with Gasteiger partial charge in [-0.25, -0.2) is 0 Å². The topological polar surface area (TPSA) is 26.3 Å². The van der Waals surface area contributed by atoms with Gasteiger partial charge in [-0.15, -0.1) is 6.58 Å². The molecule has 1 unspecified atom stereocenters. The van der Waals surface area contributed by atoms with Gasteiger partial charge < -0.3 is 4.74 Å². The Labute approximate surface area is 107 Å². The van der Waals surface area contributed by atoms with Crippen molar-refractivity contribution in [2.45, 2.75) is 25.9 Å². The standard InChI is InChI=1S/C14H17ClO2/c1-3-4-5-9-17-11(2)14(16)12-7-6-8-13(15)10-12/h3,6-8,10-11H,1,4-5,9H2,2H3. The van der Waals surface area contributed by atoms with Crippen molar-refractivity contribution in [3.05, 3.63) is 47.5 Å². The number of hydrogen-bond acceptors (Lipinski definition) is 2. The molecular formula is C14H17ClO2. The second kappa shape index (κ2) is 7.25. The monoisotopic (exact) mass is 252 g/mol. The zero-order valence-electron chi connectivity index (χ0n) is 9.99. The van der Waals surface area contributed by atoms with E-state index in [9.17, 15) is 4.79 Å². The summed E-state index contributed by atoms with van der Waals surface area (Å²) in [6.07, 6.45) is 3.19. The molecule has 1 rings (SSSR count). The third-order valence-corrected chi connectivity index (χ3v) is 2.63. The Balaban J connectivity index is 2.49. The van der Waals surface area contributed by atoms with Crippen LogP contribution in [0.1, 0.15) is 30.1 Å². The summed E-state index contributed by atoms with van der Waals surface area (Å²) in [5.41, 5.74) is 0.591. The van der Waals surface area contributed by atoms with Gasteiger partial charge in [0.2, 0.25) is 0 Å².